The number of hydrogen-bond acceptors (Lipinski definition) is 5. The standard InChI is InChI=1S/C16H17N3O3S/c1-10-8-17-16-19(15(10)21)12(9-23-16)7-14(20)18-11-4-3-5-13(6-11)22-2/h3-6,8,12H,7,9H2,1-2H3,(H,18,20). The molecule has 1 unspecified atom stereocenters. The highest BCUT2D eigenvalue weighted by Crippen LogP contribution is 2.32. The molecule has 1 aromatic heterocycles. The van der Waals surface area contributed by atoms with Crippen LogP contribution in [0.2, 0.25) is 0 Å². The first-order valence-electron chi connectivity index (χ1n) is 7.23. The summed E-state index contributed by atoms with van der Waals surface area (Å²) in [7, 11) is 1.58. The van der Waals surface area contributed by atoms with Crippen molar-refractivity contribution in [3.05, 3.63) is 46.4 Å². The second kappa shape index (κ2) is 6.45. The van der Waals surface area contributed by atoms with E-state index >= 15 is 0 Å². The Morgan fingerprint density at radius 1 is 1.52 bits per heavy atom. The van der Waals surface area contributed by atoms with E-state index in [4.69, 9.17) is 4.74 Å². The Labute approximate surface area is 137 Å². The highest BCUT2D eigenvalue weighted by molar-refractivity contribution is 7.99. The monoisotopic (exact) mass is 331 g/mol. The molecule has 6 nitrogen and oxygen atoms in total. The van der Waals surface area contributed by atoms with Crippen LogP contribution in [0.4, 0.5) is 5.69 Å². The highest BCUT2D eigenvalue weighted by Gasteiger charge is 2.27. The molecule has 0 fully saturated rings. The number of aryl methyl sites for hydroxylation is 1. The van der Waals surface area contributed by atoms with E-state index in [0.29, 0.717) is 27.9 Å². The summed E-state index contributed by atoms with van der Waals surface area (Å²) in [6.45, 7) is 1.74. The molecule has 1 aliphatic rings. The smallest absolute Gasteiger partial charge is 0.257 e. The zero-order valence-electron chi connectivity index (χ0n) is 12.9. The van der Waals surface area contributed by atoms with Gasteiger partial charge in [0.25, 0.3) is 5.56 Å². The Bertz CT molecular complexity index is 803. The van der Waals surface area contributed by atoms with Crippen LogP contribution in [0.1, 0.15) is 18.0 Å². The third-order valence-corrected chi connectivity index (χ3v) is 4.79. The van der Waals surface area contributed by atoms with Crippen molar-refractivity contribution in [1.82, 2.24) is 9.55 Å². The van der Waals surface area contributed by atoms with E-state index in [1.165, 1.54) is 11.8 Å². The number of fused-ring (bicyclic) bond motifs is 1. The molecule has 0 spiro atoms. The Morgan fingerprint density at radius 3 is 3.13 bits per heavy atom. The number of ether oxygens (including phenoxy) is 1. The molecule has 0 radical (unpaired) electrons. The molecule has 1 N–H and O–H groups in total. The van der Waals surface area contributed by atoms with Crippen molar-refractivity contribution >= 4 is 23.4 Å². The Balaban J connectivity index is 1.73. The second-order valence-electron chi connectivity index (χ2n) is 5.35. The summed E-state index contributed by atoms with van der Waals surface area (Å²) in [4.78, 5) is 28.8. The van der Waals surface area contributed by atoms with Gasteiger partial charge in [0.05, 0.1) is 13.2 Å². The van der Waals surface area contributed by atoms with Crippen LogP contribution in [-0.2, 0) is 4.79 Å². The molecule has 2 heterocycles. The maximum absolute atomic E-state index is 12.3. The number of amides is 1. The number of anilines is 1. The summed E-state index contributed by atoms with van der Waals surface area (Å²) in [6.07, 6.45) is 1.82. The summed E-state index contributed by atoms with van der Waals surface area (Å²) in [5.74, 6) is 1.22. The lowest BCUT2D eigenvalue weighted by atomic mass is 10.2. The lowest BCUT2D eigenvalue weighted by Crippen LogP contribution is -2.28. The minimum absolute atomic E-state index is 0.0702. The van der Waals surface area contributed by atoms with Gasteiger partial charge in [0.15, 0.2) is 5.16 Å². The minimum atomic E-state index is -0.166. The average Bonchev–Trinajstić information content (AvgIpc) is 2.94. The largest absolute Gasteiger partial charge is 0.497 e. The molecule has 1 atom stereocenters. The van der Waals surface area contributed by atoms with Gasteiger partial charge in [-0.3, -0.25) is 14.2 Å². The number of carbonyl (C=O) groups is 1. The van der Waals surface area contributed by atoms with Crippen LogP contribution in [0, 0.1) is 6.92 Å². The van der Waals surface area contributed by atoms with Crippen molar-refractivity contribution in [2.75, 3.05) is 18.2 Å². The van der Waals surface area contributed by atoms with E-state index in [0.717, 1.165) is 0 Å². The predicted octanol–water partition coefficient (Wildman–Crippen LogP) is 2.24. The van der Waals surface area contributed by atoms with Crippen LogP contribution >= 0.6 is 11.8 Å². The zero-order valence-corrected chi connectivity index (χ0v) is 13.7. The van der Waals surface area contributed by atoms with Crippen molar-refractivity contribution in [1.29, 1.82) is 0 Å². The number of benzene rings is 1. The summed E-state index contributed by atoms with van der Waals surface area (Å²) >= 11 is 1.51. The van der Waals surface area contributed by atoms with Crippen molar-refractivity contribution in [3.8, 4) is 5.75 Å². The van der Waals surface area contributed by atoms with Crippen LogP contribution in [0.15, 0.2) is 40.4 Å². The molecule has 1 aliphatic heterocycles. The quantitative estimate of drug-likeness (QED) is 0.870. The molecule has 23 heavy (non-hydrogen) atoms. The molecule has 7 heteroatoms. The normalized spacial score (nSPS) is 16.0. The Hall–Kier alpha value is -2.28. The van der Waals surface area contributed by atoms with Crippen molar-refractivity contribution in [3.63, 3.8) is 0 Å². The fourth-order valence-corrected chi connectivity index (χ4v) is 3.60. The van der Waals surface area contributed by atoms with E-state index in [1.807, 2.05) is 12.1 Å². The highest BCUT2D eigenvalue weighted by atomic mass is 32.2. The fraction of sp³-hybridized carbons (Fsp3) is 0.312. The predicted molar refractivity (Wildman–Crippen MR) is 89.2 cm³/mol. The number of aromatic nitrogens is 2. The number of hydrogen-bond donors (Lipinski definition) is 1. The molecule has 0 saturated carbocycles. The number of methoxy groups -OCH3 is 1. The SMILES string of the molecule is COc1cccc(NC(=O)CC2CSc3ncc(C)c(=O)n32)c1. The average molecular weight is 331 g/mol. The first-order chi connectivity index (χ1) is 11.1. The third-order valence-electron chi connectivity index (χ3n) is 3.68. The topological polar surface area (TPSA) is 73.2 Å². The molecule has 3 rings (SSSR count). The molecule has 120 valence electrons. The van der Waals surface area contributed by atoms with Gasteiger partial charge >= 0.3 is 0 Å². The van der Waals surface area contributed by atoms with Gasteiger partial charge in [0, 0.05) is 35.7 Å². The lowest BCUT2D eigenvalue weighted by molar-refractivity contribution is -0.116. The van der Waals surface area contributed by atoms with Crippen LogP contribution in [0.5, 0.6) is 5.75 Å². The zero-order chi connectivity index (χ0) is 16.4. The second-order valence-corrected chi connectivity index (χ2v) is 6.34. The van der Waals surface area contributed by atoms with Gasteiger partial charge in [-0.25, -0.2) is 4.98 Å². The molecule has 1 amide bonds. The van der Waals surface area contributed by atoms with Crippen LogP contribution in [-0.4, -0.2) is 28.3 Å². The van der Waals surface area contributed by atoms with Crippen LogP contribution in [0.3, 0.4) is 0 Å². The van der Waals surface area contributed by atoms with Gasteiger partial charge in [0.1, 0.15) is 5.75 Å². The summed E-state index contributed by atoms with van der Waals surface area (Å²) in [5, 5.41) is 3.52. The van der Waals surface area contributed by atoms with Crippen molar-refractivity contribution in [2.24, 2.45) is 0 Å². The molecular formula is C16H17N3O3S. The molecule has 0 saturated heterocycles. The number of thioether (sulfide) groups is 1. The molecule has 2 aromatic rings. The van der Waals surface area contributed by atoms with Gasteiger partial charge in [-0.05, 0) is 19.1 Å². The van der Waals surface area contributed by atoms with E-state index in [9.17, 15) is 9.59 Å². The maximum atomic E-state index is 12.3. The van der Waals surface area contributed by atoms with Crippen molar-refractivity contribution in [2.45, 2.75) is 24.5 Å². The Morgan fingerprint density at radius 2 is 2.35 bits per heavy atom. The van der Waals surface area contributed by atoms with Crippen LogP contribution < -0.4 is 15.6 Å². The van der Waals surface area contributed by atoms with E-state index in [1.54, 1.807) is 36.9 Å². The van der Waals surface area contributed by atoms with E-state index < -0.39 is 0 Å². The van der Waals surface area contributed by atoms with Crippen LogP contribution in [0.25, 0.3) is 0 Å². The number of rotatable bonds is 4. The van der Waals surface area contributed by atoms with Gasteiger partial charge in [-0.15, -0.1) is 0 Å². The van der Waals surface area contributed by atoms with Gasteiger partial charge in [-0.2, -0.15) is 0 Å². The van der Waals surface area contributed by atoms with Gasteiger partial charge < -0.3 is 10.1 Å². The summed E-state index contributed by atoms with van der Waals surface area (Å²) in [6, 6.07) is 7.02. The molecular weight excluding hydrogens is 314 g/mol. The third kappa shape index (κ3) is 3.24. The number of nitrogens with zero attached hydrogens (tertiary/aromatic N) is 2. The summed E-state index contributed by atoms with van der Waals surface area (Å²) < 4.78 is 6.77. The molecule has 0 bridgehead atoms. The fourth-order valence-electron chi connectivity index (χ4n) is 2.50. The maximum Gasteiger partial charge on any atom is 0.257 e. The van der Waals surface area contributed by atoms with Gasteiger partial charge in [-0.1, -0.05) is 17.8 Å². The van der Waals surface area contributed by atoms with Gasteiger partial charge in [0.2, 0.25) is 5.91 Å². The number of nitrogens with one attached hydrogen (secondary N) is 1. The lowest BCUT2D eigenvalue weighted by Gasteiger charge is -2.14. The summed E-state index contributed by atoms with van der Waals surface area (Å²) in [5.41, 5.74) is 1.20. The van der Waals surface area contributed by atoms with E-state index in [2.05, 4.69) is 10.3 Å². The molecule has 0 aliphatic carbocycles. The first-order valence-corrected chi connectivity index (χ1v) is 8.22. The van der Waals surface area contributed by atoms with Crippen molar-refractivity contribution < 1.29 is 9.53 Å². The molecule has 1 aromatic carbocycles. The minimum Gasteiger partial charge on any atom is -0.497 e. The Kier molecular flexibility index (Phi) is 4.38. The van der Waals surface area contributed by atoms with E-state index in [-0.39, 0.29) is 23.9 Å². The number of carbonyl (C=O) groups excluding carboxylic acids is 1. The first kappa shape index (κ1) is 15.6.